The van der Waals surface area contributed by atoms with Gasteiger partial charge in [-0.25, -0.2) is 0 Å². The van der Waals surface area contributed by atoms with Crippen LogP contribution < -0.4 is 22.1 Å². The minimum atomic E-state index is -4.23. The maximum Gasteiger partial charge on any atom is 0.267 e. The first-order valence-electron chi connectivity index (χ1n) is 15.0. The van der Waals surface area contributed by atoms with E-state index in [9.17, 15) is 46.5 Å². The van der Waals surface area contributed by atoms with Crippen LogP contribution in [0, 0.1) is 22.7 Å². The van der Waals surface area contributed by atoms with Crippen molar-refractivity contribution < 1.29 is 54.9 Å². The molecule has 0 aliphatic carbocycles. The Hall–Kier alpha value is -1.77. The van der Waals surface area contributed by atoms with Crippen molar-refractivity contribution in [1.82, 2.24) is 10.6 Å². The standard InChI is InChI=1S/C28H56N4O12S2/c1-18(2)21(29)23(35)31-20(25(37)38)12-26(5,6)16-43-45(39,40)10-9-11-46(41,42)44-17-27(7,8)13-28(14-33,15-34)32-24(36)22(30)19(3)4/h14,18-22,25,34,37-38H,9-13,15-17,29-30H2,1-8H3,(H,31,35)(H,32,36)/t20-,21+,22+,28?/m1/s1. The Bertz CT molecular complexity index is 1210. The smallest absolute Gasteiger partial charge is 0.267 e. The highest BCUT2D eigenvalue weighted by Crippen LogP contribution is 2.29. The van der Waals surface area contributed by atoms with E-state index in [-0.39, 0.29) is 31.1 Å². The molecule has 0 radical (unpaired) electrons. The van der Waals surface area contributed by atoms with Gasteiger partial charge in [-0.15, -0.1) is 0 Å². The van der Waals surface area contributed by atoms with Crippen molar-refractivity contribution in [2.75, 3.05) is 31.3 Å². The summed E-state index contributed by atoms with van der Waals surface area (Å²) in [6, 6.07) is -2.99. The number of nitrogens with one attached hydrogen (secondary N) is 2. The third kappa shape index (κ3) is 16.4. The number of nitrogens with two attached hydrogens (primary N) is 2. The number of amides is 2. The number of carbonyl (C=O) groups is 3. The predicted molar refractivity (Wildman–Crippen MR) is 171 cm³/mol. The van der Waals surface area contributed by atoms with Gasteiger partial charge in [0.1, 0.15) is 11.8 Å². The Morgan fingerprint density at radius 2 is 1.26 bits per heavy atom. The highest BCUT2D eigenvalue weighted by Gasteiger charge is 2.40. The fraction of sp³-hybridized carbons (Fsp3) is 0.893. The van der Waals surface area contributed by atoms with E-state index >= 15 is 0 Å². The topological polar surface area (TPSA) is 275 Å². The second-order valence-electron chi connectivity index (χ2n) is 14.1. The lowest BCUT2D eigenvalue weighted by Gasteiger charge is -2.36. The number of aldehydes is 1. The number of aliphatic hydroxyl groups is 3. The van der Waals surface area contributed by atoms with E-state index in [0.717, 1.165) is 0 Å². The molecule has 0 heterocycles. The molecular formula is C28H56N4O12S2. The number of aliphatic hydroxyl groups excluding tert-OH is 2. The van der Waals surface area contributed by atoms with Gasteiger partial charge in [0.25, 0.3) is 20.2 Å². The van der Waals surface area contributed by atoms with E-state index in [4.69, 9.17) is 19.8 Å². The summed E-state index contributed by atoms with van der Waals surface area (Å²) in [6.07, 6.45) is -2.22. The van der Waals surface area contributed by atoms with Crippen molar-refractivity contribution in [1.29, 1.82) is 0 Å². The first kappa shape index (κ1) is 44.2. The number of hydrogen-bond donors (Lipinski definition) is 7. The van der Waals surface area contributed by atoms with Crippen LogP contribution in [-0.2, 0) is 43.0 Å². The Morgan fingerprint density at radius 1 is 0.826 bits per heavy atom. The Labute approximate surface area is 273 Å². The molecule has 272 valence electrons. The van der Waals surface area contributed by atoms with Crippen LogP contribution >= 0.6 is 0 Å². The van der Waals surface area contributed by atoms with Gasteiger partial charge in [0, 0.05) is 0 Å². The second kappa shape index (κ2) is 18.1. The van der Waals surface area contributed by atoms with Crippen molar-refractivity contribution in [3.8, 4) is 0 Å². The summed E-state index contributed by atoms with van der Waals surface area (Å²) < 4.78 is 60.2. The molecule has 46 heavy (non-hydrogen) atoms. The fourth-order valence-corrected chi connectivity index (χ4v) is 6.69. The van der Waals surface area contributed by atoms with Crippen LogP contribution in [0.4, 0.5) is 0 Å². The van der Waals surface area contributed by atoms with Gasteiger partial charge in [-0.1, -0.05) is 55.4 Å². The molecule has 2 amide bonds. The Kier molecular flexibility index (Phi) is 17.4. The quantitative estimate of drug-likeness (QED) is 0.0371. The summed E-state index contributed by atoms with van der Waals surface area (Å²) in [5, 5.41) is 34.3. The van der Waals surface area contributed by atoms with Crippen molar-refractivity contribution in [2.45, 2.75) is 105 Å². The molecule has 16 nitrogen and oxygen atoms in total. The third-order valence-corrected chi connectivity index (χ3v) is 9.75. The minimum absolute atomic E-state index is 0.0787. The van der Waals surface area contributed by atoms with Gasteiger partial charge in [0.05, 0.1) is 49.5 Å². The van der Waals surface area contributed by atoms with Crippen LogP contribution in [0.25, 0.3) is 0 Å². The minimum Gasteiger partial charge on any atom is -0.393 e. The van der Waals surface area contributed by atoms with Crippen molar-refractivity contribution in [2.24, 2.45) is 34.1 Å². The highest BCUT2D eigenvalue weighted by atomic mass is 32.2. The third-order valence-electron chi connectivity index (χ3n) is 7.22. The lowest BCUT2D eigenvalue weighted by molar-refractivity contribution is -0.131. The van der Waals surface area contributed by atoms with Crippen molar-refractivity contribution in [3.63, 3.8) is 0 Å². The lowest BCUT2D eigenvalue weighted by Crippen LogP contribution is -2.59. The van der Waals surface area contributed by atoms with Gasteiger partial charge in [-0.2, -0.15) is 16.8 Å². The Balaban J connectivity index is 5.12. The molecule has 4 atom stereocenters. The zero-order chi connectivity index (χ0) is 36.3. The zero-order valence-corrected chi connectivity index (χ0v) is 29.8. The van der Waals surface area contributed by atoms with E-state index in [1.165, 1.54) is 0 Å². The van der Waals surface area contributed by atoms with E-state index in [1.54, 1.807) is 55.4 Å². The molecule has 1 unspecified atom stereocenters. The van der Waals surface area contributed by atoms with Crippen LogP contribution in [0.5, 0.6) is 0 Å². The molecule has 0 rings (SSSR count). The van der Waals surface area contributed by atoms with Gasteiger partial charge >= 0.3 is 0 Å². The molecule has 0 bridgehead atoms. The fourth-order valence-electron chi connectivity index (χ4n) is 4.28. The van der Waals surface area contributed by atoms with Crippen molar-refractivity contribution in [3.05, 3.63) is 0 Å². The summed E-state index contributed by atoms with van der Waals surface area (Å²) >= 11 is 0. The van der Waals surface area contributed by atoms with Crippen molar-refractivity contribution >= 4 is 38.3 Å². The molecule has 0 aliphatic rings. The molecule has 0 saturated heterocycles. The Morgan fingerprint density at radius 3 is 1.65 bits per heavy atom. The van der Waals surface area contributed by atoms with Gasteiger partial charge in [0.2, 0.25) is 11.8 Å². The van der Waals surface area contributed by atoms with E-state index in [1.807, 2.05) is 0 Å². The average molecular weight is 705 g/mol. The normalized spacial score (nSPS) is 16.6. The molecule has 0 fully saturated rings. The summed E-state index contributed by atoms with van der Waals surface area (Å²) in [5.74, 6) is -3.04. The maximum atomic E-state index is 12.5. The first-order valence-corrected chi connectivity index (χ1v) is 18.2. The van der Waals surface area contributed by atoms with E-state index in [2.05, 4.69) is 10.6 Å². The van der Waals surface area contributed by atoms with Crippen LogP contribution in [0.15, 0.2) is 0 Å². The monoisotopic (exact) mass is 704 g/mol. The van der Waals surface area contributed by atoms with Gasteiger partial charge in [-0.05, 0) is 41.9 Å². The lowest BCUT2D eigenvalue weighted by atomic mass is 9.79. The summed E-state index contributed by atoms with van der Waals surface area (Å²) in [6.45, 7) is 11.6. The largest absolute Gasteiger partial charge is 0.393 e. The van der Waals surface area contributed by atoms with Crippen LogP contribution in [0.3, 0.4) is 0 Å². The van der Waals surface area contributed by atoms with E-state index < -0.39 is 104 Å². The molecule has 0 aromatic carbocycles. The highest BCUT2D eigenvalue weighted by molar-refractivity contribution is 7.87. The maximum absolute atomic E-state index is 12.5. The summed E-state index contributed by atoms with van der Waals surface area (Å²) in [5.41, 5.74) is 7.88. The SMILES string of the molecule is CC(C)[C@H](N)C(=O)N[C@H](CC(C)(C)COS(=O)(=O)CCCS(=O)(=O)OCC(C)(C)CC(C=O)(CO)NC(=O)[C@@H](N)C(C)C)C(O)O. The van der Waals surface area contributed by atoms with Gasteiger partial charge < -0.3 is 42.2 Å². The summed E-state index contributed by atoms with van der Waals surface area (Å²) in [7, 11) is -8.44. The molecule has 18 heteroatoms. The van der Waals surface area contributed by atoms with Gasteiger partial charge in [0.15, 0.2) is 6.29 Å². The number of hydrogen-bond acceptors (Lipinski definition) is 14. The predicted octanol–water partition coefficient (Wildman–Crippen LogP) is -1.29. The number of rotatable bonds is 23. The zero-order valence-electron chi connectivity index (χ0n) is 28.2. The average Bonchev–Trinajstić information content (AvgIpc) is 2.93. The van der Waals surface area contributed by atoms with Crippen LogP contribution in [0.1, 0.15) is 74.7 Å². The molecule has 0 aliphatic heterocycles. The molecule has 0 saturated carbocycles. The molecule has 0 aromatic heterocycles. The van der Waals surface area contributed by atoms with E-state index in [0.29, 0.717) is 6.29 Å². The number of carbonyl (C=O) groups excluding carboxylic acids is 3. The second-order valence-corrected chi connectivity index (χ2v) is 17.6. The molecule has 0 aromatic rings. The molecule has 9 N–H and O–H groups in total. The first-order chi connectivity index (χ1) is 20.7. The molecule has 0 spiro atoms. The van der Waals surface area contributed by atoms with Crippen LogP contribution in [-0.4, -0.2) is 112 Å². The van der Waals surface area contributed by atoms with Crippen LogP contribution in [0.2, 0.25) is 0 Å². The molecular weight excluding hydrogens is 648 g/mol. The van der Waals surface area contributed by atoms with Gasteiger partial charge in [-0.3, -0.25) is 18.0 Å². The summed E-state index contributed by atoms with van der Waals surface area (Å²) in [4.78, 5) is 36.6.